The van der Waals surface area contributed by atoms with Gasteiger partial charge in [-0.3, -0.25) is 4.79 Å². The van der Waals surface area contributed by atoms with E-state index in [9.17, 15) is 18.0 Å². The van der Waals surface area contributed by atoms with Crippen LogP contribution < -0.4 is 0 Å². The van der Waals surface area contributed by atoms with Crippen molar-refractivity contribution < 1.29 is 22.7 Å². The molecule has 0 radical (unpaired) electrons. The highest BCUT2D eigenvalue weighted by molar-refractivity contribution is 5.98. The lowest BCUT2D eigenvalue weighted by atomic mass is 9.97. The second kappa shape index (κ2) is 7.48. The number of aromatic nitrogens is 3. The van der Waals surface area contributed by atoms with Crippen molar-refractivity contribution in [3.63, 3.8) is 0 Å². The molecule has 27 heavy (non-hydrogen) atoms. The molecule has 0 aliphatic rings. The number of nitrogens with zero attached hydrogens (tertiary/aromatic N) is 3. The Morgan fingerprint density at radius 2 is 2.04 bits per heavy atom. The molecule has 3 aromatic rings. The van der Waals surface area contributed by atoms with Crippen molar-refractivity contribution >= 4 is 17.2 Å². The Morgan fingerprint density at radius 1 is 1.26 bits per heavy atom. The highest BCUT2D eigenvalue weighted by Gasteiger charge is 2.34. The minimum absolute atomic E-state index is 0.124. The average molecular weight is 377 g/mol. The number of halogens is 3. The van der Waals surface area contributed by atoms with Crippen LogP contribution in [0.3, 0.4) is 0 Å². The number of imidazole rings is 1. The standard InChI is InChI=1S/C19H18F3N3O2/c1-25-11-23-9-18(25)17-7-13(10-26)14-6-12(4-3-5-27-2)15(19(20,21)22)8-16(14)24-17/h6-11H,3-5H2,1-2H3. The van der Waals surface area contributed by atoms with Crippen molar-refractivity contribution in [2.24, 2.45) is 7.05 Å². The summed E-state index contributed by atoms with van der Waals surface area (Å²) in [6, 6.07) is 4.00. The first-order valence-corrected chi connectivity index (χ1v) is 8.31. The van der Waals surface area contributed by atoms with Gasteiger partial charge in [-0.15, -0.1) is 0 Å². The lowest BCUT2D eigenvalue weighted by Crippen LogP contribution is -2.11. The molecule has 8 heteroatoms. The normalized spacial score (nSPS) is 11.9. The van der Waals surface area contributed by atoms with E-state index in [1.807, 2.05) is 0 Å². The first kappa shape index (κ1) is 19.0. The largest absolute Gasteiger partial charge is 0.416 e. The predicted molar refractivity (Wildman–Crippen MR) is 94.5 cm³/mol. The van der Waals surface area contributed by atoms with Crippen molar-refractivity contribution in [2.45, 2.75) is 19.0 Å². The molecule has 0 saturated heterocycles. The maximum atomic E-state index is 13.6. The quantitative estimate of drug-likeness (QED) is 0.480. The smallest absolute Gasteiger partial charge is 0.385 e. The highest BCUT2D eigenvalue weighted by atomic mass is 19.4. The summed E-state index contributed by atoms with van der Waals surface area (Å²) in [7, 11) is 3.24. The molecule has 0 unspecified atom stereocenters. The second-order valence-electron chi connectivity index (χ2n) is 6.22. The number of aryl methyl sites for hydroxylation is 2. The molecule has 0 amide bonds. The molecular formula is C19H18F3N3O2. The fraction of sp³-hybridized carbons (Fsp3) is 0.316. The Hall–Kier alpha value is -2.74. The van der Waals surface area contributed by atoms with Gasteiger partial charge in [0.05, 0.1) is 35.0 Å². The Labute approximate surface area is 153 Å². The van der Waals surface area contributed by atoms with Gasteiger partial charge >= 0.3 is 6.18 Å². The summed E-state index contributed by atoms with van der Waals surface area (Å²) in [5.74, 6) is 0. The van der Waals surface area contributed by atoms with Crippen molar-refractivity contribution in [1.82, 2.24) is 14.5 Å². The molecule has 0 bridgehead atoms. The van der Waals surface area contributed by atoms with Crippen molar-refractivity contribution in [3.8, 4) is 11.4 Å². The molecule has 1 aromatic carbocycles. The maximum absolute atomic E-state index is 13.6. The molecular weight excluding hydrogens is 359 g/mol. The van der Waals surface area contributed by atoms with Crippen LogP contribution in [0.1, 0.15) is 27.9 Å². The number of fused-ring (bicyclic) bond motifs is 1. The number of carbonyl (C=O) groups is 1. The zero-order valence-electron chi connectivity index (χ0n) is 14.9. The molecule has 0 fully saturated rings. The van der Waals surface area contributed by atoms with Crippen LogP contribution in [-0.4, -0.2) is 34.5 Å². The minimum Gasteiger partial charge on any atom is -0.385 e. The van der Waals surface area contributed by atoms with Gasteiger partial charge in [-0.25, -0.2) is 9.97 Å². The molecule has 142 valence electrons. The number of rotatable bonds is 6. The van der Waals surface area contributed by atoms with E-state index in [0.717, 1.165) is 6.07 Å². The summed E-state index contributed by atoms with van der Waals surface area (Å²) in [6.07, 6.45) is -0.130. The lowest BCUT2D eigenvalue weighted by Gasteiger charge is -2.15. The van der Waals surface area contributed by atoms with Crippen molar-refractivity contribution in [2.75, 3.05) is 13.7 Å². The number of hydrogen-bond acceptors (Lipinski definition) is 4. The molecule has 0 atom stereocenters. The molecule has 0 aliphatic carbocycles. The Kier molecular flexibility index (Phi) is 5.27. The van der Waals surface area contributed by atoms with E-state index in [1.165, 1.54) is 13.2 Å². The Bertz CT molecular complexity index is 980. The maximum Gasteiger partial charge on any atom is 0.416 e. The fourth-order valence-electron chi connectivity index (χ4n) is 3.05. The molecule has 2 aromatic heterocycles. The van der Waals surface area contributed by atoms with Crippen LogP contribution in [0.15, 0.2) is 30.7 Å². The SMILES string of the molecule is COCCCc1cc2c(C=O)cc(-c3cncn3C)nc2cc1C(F)(F)F. The van der Waals surface area contributed by atoms with Crippen LogP contribution in [-0.2, 0) is 24.4 Å². The summed E-state index contributed by atoms with van der Waals surface area (Å²) >= 11 is 0. The van der Waals surface area contributed by atoms with E-state index >= 15 is 0 Å². The topological polar surface area (TPSA) is 57.0 Å². The van der Waals surface area contributed by atoms with Gasteiger partial charge in [0.1, 0.15) is 0 Å². The van der Waals surface area contributed by atoms with E-state index in [2.05, 4.69) is 9.97 Å². The van der Waals surface area contributed by atoms with Gasteiger partial charge in [-0.2, -0.15) is 13.2 Å². The van der Waals surface area contributed by atoms with E-state index in [1.54, 1.807) is 30.2 Å². The number of hydrogen-bond donors (Lipinski definition) is 0. The number of carbonyl (C=O) groups excluding carboxylic acids is 1. The molecule has 0 spiro atoms. The van der Waals surface area contributed by atoms with Gasteiger partial charge < -0.3 is 9.30 Å². The van der Waals surface area contributed by atoms with E-state index < -0.39 is 11.7 Å². The molecule has 3 rings (SSSR count). The number of pyridine rings is 1. The highest BCUT2D eigenvalue weighted by Crippen LogP contribution is 2.36. The van der Waals surface area contributed by atoms with E-state index in [0.29, 0.717) is 36.1 Å². The predicted octanol–water partition coefficient (Wildman–Crippen LogP) is 4.05. The molecule has 5 nitrogen and oxygen atoms in total. The summed E-state index contributed by atoms with van der Waals surface area (Å²) < 4.78 is 47.3. The molecule has 0 saturated carbocycles. The number of ether oxygens (including phenoxy) is 1. The van der Waals surface area contributed by atoms with Crippen LogP contribution in [0, 0.1) is 0 Å². The summed E-state index contributed by atoms with van der Waals surface area (Å²) in [4.78, 5) is 19.9. The first-order chi connectivity index (χ1) is 12.8. The van der Waals surface area contributed by atoms with E-state index in [4.69, 9.17) is 4.74 Å². The van der Waals surface area contributed by atoms with Crippen LogP contribution in [0.25, 0.3) is 22.3 Å². The average Bonchev–Trinajstić information content (AvgIpc) is 3.05. The monoisotopic (exact) mass is 377 g/mol. The zero-order chi connectivity index (χ0) is 19.6. The van der Waals surface area contributed by atoms with E-state index in [-0.39, 0.29) is 23.1 Å². The van der Waals surface area contributed by atoms with Gasteiger partial charge in [0, 0.05) is 31.7 Å². The lowest BCUT2D eigenvalue weighted by molar-refractivity contribution is -0.138. The summed E-state index contributed by atoms with van der Waals surface area (Å²) in [5, 5.41) is 0.399. The molecule has 0 N–H and O–H groups in total. The third-order valence-electron chi connectivity index (χ3n) is 4.37. The summed E-state index contributed by atoms with van der Waals surface area (Å²) in [5.41, 5.74) is 0.807. The third-order valence-corrected chi connectivity index (χ3v) is 4.37. The Morgan fingerprint density at radius 3 is 2.63 bits per heavy atom. The number of aldehydes is 1. The van der Waals surface area contributed by atoms with Crippen LogP contribution in [0.4, 0.5) is 13.2 Å². The zero-order valence-corrected chi connectivity index (χ0v) is 14.9. The first-order valence-electron chi connectivity index (χ1n) is 8.31. The van der Waals surface area contributed by atoms with Crippen molar-refractivity contribution in [3.05, 3.63) is 47.4 Å². The van der Waals surface area contributed by atoms with Gasteiger partial charge in [-0.05, 0) is 36.6 Å². The van der Waals surface area contributed by atoms with Crippen molar-refractivity contribution in [1.29, 1.82) is 0 Å². The van der Waals surface area contributed by atoms with Gasteiger partial charge in [0.2, 0.25) is 0 Å². The number of alkyl halides is 3. The third kappa shape index (κ3) is 3.85. The number of methoxy groups -OCH3 is 1. The molecule has 2 heterocycles. The van der Waals surface area contributed by atoms with Crippen LogP contribution in [0.2, 0.25) is 0 Å². The Balaban J connectivity index is 2.21. The number of benzene rings is 1. The second-order valence-corrected chi connectivity index (χ2v) is 6.22. The van der Waals surface area contributed by atoms with Gasteiger partial charge in [-0.1, -0.05) is 0 Å². The minimum atomic E-state index is -4.51. The van der Waals surface area contributed by atoms with Gasteiger partial charge in [0.25, 0.3) is 0 Å². The van der Waals surface area contributed by atoms with Gasteiger partial charge in [0.15, 0.2) is 6.29 Å². The molecule has 0 aliphatic heterocycles. The summed E-state index contributed by atoms with van der Waals surface area (Å²) in [6.45, 7) is 0.355. The van der Waals surface area contributed by atoms with Crippen LogP contribution in [0.5, 0.6) is 0 Å². The van der Waals surface area contributed by atoms with Crippen LogP contribution >= 0.6 is 0 Å². The fourth-order valence-corrected chi connectivity index (χ4v) is 3.05.